The van der Waals surface area contributed by atoms with E-state index in [2.05, 4.69) is 0 Å². The molecule has 0 amide bonds. The van der Waals surface area contributed by atoms with Gasteiger partial charge in [-0.15, -0.1) is 0 Å². The number of halogens is 2. The molecule has 22 heavy (non-hydrogen) atoms. The van der Waals surface area contributed by atoms with Gasteiger partial charge in [0, 0.05) is 38.0 Å². The van der Waals surface area contributed by atoms with Crippen molar-refractivity contribution in [3.8, 4) is 0 Å². The second-order valence-corrected chi connectivity index (χ2v) is 8.32. The number of nitrogens with zero attached hydrogens (tertiary/aromatic N) is 2. The standard InChI is InChI=1S/C13H20F2N2O4S/c14-13(15)3-5-16(6-4-13)22(20,21)17-10-1-2-11(17)8-9(7-10)12(18)19/h9-11H,1-8H2,(H,18,19)/t9?,10-,11+. The van der Waals surface area contributed by atoms with Crippen LogP contribution in [0.5, 0.6) is 0 Å². The Morgan fingerprint density at radius 1 is 1.09 bits per heavy atom. The van der Waals surface area contributed by atoms with Gasteiger partial charge in [0.25, 0.3) is 16.1 Å². The Labute approximate surface area is 128 Å². The van der Waals surface area contributed by atoms with E-state index in [1.807, 2.05) is 0 Å². The zero-order valence-electron chi connectivity index (χ0n) is 12.1. The van der Waals surface area contributed by atoms with Crippen molar-refractivity contribution in [1.29, 1.82) is 0 Å². The molecule has 1 N–H and O–H groups in total. The fourth-order valence-corrected chi connectivity index (χ4v) is 5.94. The molecule has 9 heteroatoms. The molecule has 3 saturated heterocycles. The average molecular weight is 338 g/mol. The van der Waals surface area contributed by atoms with Gasteiger partial charge in [-0.1, -0.05) is 0 Å². The fraction of sp³-hybridized carbons (Fsp3) is 0.923. The molecule has 1 unspecified atom stereocenters. The Morgan fingerprint density at radius 2 is 1.59 bits per heavy atom. The molecule has 3 aliphatic heterocycles. The van der Waals surface area contributed by atoms with Gasteiger partial charge in [0.15, 0.2) is 0 Å². The molecule has 6 nitrogen and oxygen atoms in total. The lowest BCUT2D eigenvalue weighted by Gasteiger charge is -2.41. The number of carboxylic acids is 1. The van der Waals surface area contributed by atoms with Crippen LogP contribution in [0.2, 0.25) is 0 Å². The topological polar surface area (TPSA) is 77.9 Å². The molecule has 3 heterocycles. The molecule has 0 saturated carbocycles. The van der Waals surface area contributed by atoms with Gasteiger partial charge in [-0.2, -0.15) is 17.0 Å². The number of hydrogen-bond acceptors (Lipinski definition) is 3. The molecule has 0 spiro atoms. The Hall–Kier alpha value is -0.800. The van der Waals surface area contributed by atoms with Crippen LogP contribution in [-0.2, 0) is 15.0 Å². The molecule has 0 aromatic carbocycles. The molecule has 2 bridgehead atoms. The van der Waals surface area contributed by atoms with Crippen molar-refractivity contribution in [2.45, 2.75) is 56.5 Å². The summed E-state index contributed by atoms with van der Waals surface area (Å²) in [6, 6.07) is -0.625. The smallest absolute Gasteiger partial charge is 0.306 e. The molecule has 3 fully saturated rings. The first-order chi connectivity index (χ1) is 10.2. The molecule has 0 aliphatic carbocycles. The maximum atomic E-state index is 13.2. The second-order valence-electron chi connectivity index (χ2n) is 6.48. The predicted octanol–water partition coefficient (Wildman–Crippen LogP) is 1.29. The van der Waals surface area contributed by atoms with E-state index in [1.165, 1.54) is 4.31 Å². The largest absolute Gasteiger partial charge is 0.481 e. The maximum Gasteiger partial charge on any atom is 0.306 e. The van der Waals surface area contributed by atoms with Crippen molar-refractivity contribution in [3.63, 3.8) is 0 Å². The number of piperidine rings is 2. The number of alkyl halides is 2. The molecule has 3 rings (SSSR count). The van der Waals surface area contributed by atoms with Crippen LogP contribution < -0.4 is 0 Å². The van der Waals surface area contributed by atoms with E-state index >= 15 is 0 Å². The Balaban J connectivity index is 1.75. The molecule has 3 atom stereocenters. The lowest BCUT2D eigenvalue weighted by molar-refractivity contribution is -0.143. The molecule has 0 radical (unpaired) electrons. The van der Waals surface area contributed by atoms with Crippen molar-refractivity contribution in [1.82, 2.24) is 8.61 Å². The molecule has 0 aromatic heterocycles. The van der Waals surface area contributed by atoms with E-state index in [1.54, 1.807) is 0 Å². The third-order valence-corrected chi connectivity index (χ3v) is 7.21. The molecular weight excluding hydrogens is 318 g/mol. The number of rotatable bonds is 3. The highest BCUT2D eigenvalue weighted by molar-refractivity contribution is 7.86. The van der Waals surface area contributed by atoms with E-state index in [9.17, 15) is 22.0 Å². The van der Waals surface area contributed by atoms with Crippen LogP contribution in [0.3, 0.4) is 0 Å². The van der Waals surface area contributed by atoms with Gasteiger partial charge in [-0.05, 0) is 25.7 Å². The number of hydrogen-bond donors (Lipinski definition) is 1. The van der Waals surface area contributed by atoms with Gasteiger partial charge in [0.1, 0.15) is 0 Å². The first-order valence-electron chi connectivity index (χ1n) is 7.60. The van der Waals surface area contributed by atoms with Gasteiger partial charge in [-0.25, -0.2) is 8.78 Å². The van der Waals surface area contributed by atoms with E-state index in [4.69, 9.17) is 5.11 Å². The zero-order chi connectivity index (χ0) is 16.1. The van der Waals surface area contributed by atoms with Gasteiger partial charge in [0.05, 0.1) is 5.92 Å². The molecule has 126 valence electrons. The maximum absolute atomic E-state index is 13.2. The van der Waals surface area contributed by atoms with Gasteiger partial charge in [-0.3, -0.25) is 4.79 Å². The van der Waals surface area contributed by atoms with E-state index in [0.717, 1.165) is 4.31 Å². The zero-order valence-corrected chi connectivity index (χ0v) is 12.9. The van der Waals surface area contributed by atoms with E-state index < -0.39 is 40.9 Å². The summed E-state index contributed by atoms with van der Waals surface area (Å²) in [4.78, 5) is 11.1. The summed E-state index contributed by atoms with van der Waals surface area (Å²) in [6.07, 6.45) is 1.03. The van der Waals surface area contributed by atoms with Gasteiger partial charge < -0.3 is 5.11 Å². The summed E-state index contributed by atoms with van der Waals surface area (Å²) in [5.41, 5.74) is 0. The van der Waals surface area contributed by atoms with Crippen LogP contribution in [0.4, 0.5) is 8.78 Å². The summed E-state index contributed by atoms with van der Waals surface area (Å²) >= 11 is 0. The molecule has 3 aliphatic rings. The van der Waals surface area contributed by atoms with Crippen molar-refractivity contribution in [2.75, 3.05) is 13.1 Å². The third kappa shape index (κ3) is 2.74. The minimum Gasteiger partial charge on any atom is -0.481 e. The number of carboxylic acid groups (broad SMARTS) is 1. The van der Waals surface area contributed by atoms with Crippen molar-refractivity contribution >= 4 is 16.2 Å². The average Bonchev–Trinajstić information content (AvgIpc) is 2.70. The normalized spacial score (nSPS) is 36.4. The SMILES string of the molecule is O=C(O)C1C[C@H]2CC[C@@H](C1)N2S(=O)(=O)N1CCC(F)(F)CC1. The quantitative estimate of drug-likeness (QED) is 0.841. The lowest BCUT2D eigenvalue weighted by Crippen LogP contribution is -2.55. The van der Waals surface area contributed by atoms with E-state index in [-0.39, 0.29) is 25.2 Å². The summed E-state index contributed by atoms with van der Waals surface area (Å²) in [5.74, 6) is -4.18. The monoisotopic (exact) mass is 338 g/mol. The Kier molecular flexibility index (Phi) is 3.93. The number of carbonyl (C=O) groups is 1. The summed E-state index contributed by atoms with van der Waals surface area (Å²) in [7, 11) is -3.78. The summed E-state index contributed by atoms with van der Waals surface area (Å²) < 4.78 is 54.5. The fourth-order valence-electron chi connectivity index (χ4n) is 3.89. The number of fused-ring (bicyclic) bond motifs is 2. The van der Waals surface area contributed by atoms with Crippen molar-refractivity contribution in [2.24, 2.45) is 5.92 Å². The first kappa shape index (κ1) is 16.1. The summed E-state index contributed by atoms with van der Waals surface area (Å²) in [5, 5.41) is 9.14. The van der Waals surface area contributed by atoms with Gasteiger partial charge in [0.2, 0.25) is 0 Å². The van der Waals surface area contributed by atoms with Crippen LogP contribution in [0.1, 0.15) is 38.5 Å². The number of aliphatic carboxylic acids is 1. The minimum atomic E-state index is -3.78. The Bertz CT molecular complexity index is 544. The minimum absolute atomic E-state index is 0.173. The lowest BCUT2D eigenvalue weighted by atomic mass is 9.93. The van der Waals surface area contributed by atoms with Crippen LogP contribution in [0.25, 0.3) is 0 Å². The van der Waals surface area contributed by atoms with Crippen molar-refractivity contribution in [3.05, 3.63) is 0 Å². The second kappa shape index (κ2) is 5.38. The van der Waals surface area contributed by atoms with Crippen LogP contribution in [-0.4, -0.2) is 59.2 Å². The van der Waals surface area contributed by atoms with Crippen LogP contribution in [0.15, 0.2) is 0 Å². The third-order valence-electron chi connectivity index (χ3n) is 5.06. The van der Waals surface area contributed by atoms with Gasteiger partial charge >= 0.3 is 5.97 Å². The van der Waals surface area contributed by atoms with Crippen LogP contribution in [0, 0.1) is 5.92 Å². The first-order valence-corrected chi connectivity index (χ1v) is 9.00. The summed E-state index contributed by atoms with van der Waals surface area (Å²) in [6.45, 7) is -0.346. The highest BCUT2D eigenvalue weighted by Gasteiger charge is 2.51. The van der Waals surface area contributed by atoms with Crippen molar-refractivity contribution < 1.29 is 27.1 Å². The van der Waals surface area contributed by atoms with Crippen LogP contribution >= 0.6 is 0 Å². The highest BCUT2D eigenvalue weighted by Crippen LogP contribution is 2.42. The molecular formula is C13H20F2N2O4S. The predicted molar refractivity (Wildman–Crippen MR) is 73.7 cm³/mol. The Morgan fingerprint density at radius 3 is 2.05 bits per heavy atom. The molecule has 0 aromatic rings. The highest BCUT2D eigenvalue weighted by atomic mass is 32.2. The van der Waals surface area contributed by atoms with E-state index in [0.29, 0.717) is 25.7 Å².